The fourth-order valence-corrected chi connectivity index (χ4v) is 3.72. The molecule has 22 heavy (non-hydrogen) atoms. The predicted molar refractivity (Wildman–Crippen MR) is 95.0 cm³/mol. The Balaban J connectivity index is 2.06. The van der Waals surface area contributed by atoms with Gasteiger partial charge in [-0.3, -0.25) is 4.79 Å². The fourth-order valence-electron chi connectivity index (χ4n) is 2.57. The monoisotopic (exact) mass is 315 g/mol. The molecule has 0 aromatic heterocycles. The first-order valence-corrected chi connectivity index (χ1v) is 11.5. The first-order valence-electron chi connectivity index (χ1n) is 7.80. The molecular weight excluding hydrogens is 290 g/mol. The van der Waals surface area contributed by atoms with Crippen LogP contribution in [0.5, 0.6) is 0 Å². The lowest BCUT2D eigenvalue weighted by atomic mass is 10.0. The molecule has 2 aromatic carbocycles. The van der Waals surface area contributed by atoms with Gasteiger partial charge < -0.3 is 10.4 Å². The van der Waals surface area contributed by atoms with Crippen LogP contribution in [0.2, 0.25) is 25.7 Å². The summed E-state index contributed by atoms with van der Waals surface area (Å²) in [5.74, 6) is -0.751. The summed E-state index contributed by atoms with van der Waals surface area (Å²) < 4.78 is 0. The molecule has 0 bridgehead atoms. The number of hydrogen-bond acceptors (Lipinski definition) is 2. The number of nitrogens with one attached hydrogen (secondary N) is 1. The summed E-state index contributed by atoms with van der Waals surface area (Å²) in [6.07, 6.45) is 0.704. The van der Waals surface area contributed by atoms with Crippen molar-refractivity contribution in [2.75, 3.05) is 0 Å². The molecule has 118 valence electrons. The van der Waals surface area contributed by atoms with E-state index in [0.717, 1.165) is 11.6 Å². The van der Waals surface area contributed by atoms with E-state index in [9.17, 15) is 9.90 Å². The number of aliphatic carboxylic acids is 1. The summed E-state index contributed by atoms with van der Waals surface area (Å²) in [5, 5.41) is 15.0. The molecule has 0 spiro atoms. The molecule has 4 heteroatoms. The minimum Gasteiger partial charge on any atom is -0.480 e. The summed E-state index contributed by atoms with van der Waals surface area (Å²) in [4.78, 5) is 11.5. The first-order chi connectivity index (χ1) is 10.4. The van der Waals surface area contributed by atoms with E-state index in [-0.39, 0.29) is 0 Å². The minimum atomic E-state index is -1.22. The summed E-state index contributed by atoms with van der Waals surface area (Å²) in [7, 11) is -1.22. The van der Waals surface area contributed by atoms with Crippen molar-refractivity contribution in [1.29, 1.82) is 0 Å². The summed E-state index contributed by atoms with van der Waals surface area (Å²) in [6, 6.07) is 14.9. The number of hydrogen-bond donors (Lipinski definition) is 2. The molecule has 0 radical (unpaired) electrons. The molecule has 1 atom stereocenters. The number of fused-ring (bicyclic) bond motifs is 1. The largest absolute Gasteiger partial charge is 0.480 e. The number of carboxylic acid groups (broad SMARTS) is 1. The molecule has 0 saturated carbocycles. The average Bonchev–Trinajstić information content (AvgIpc) is 2.45. The van der Waals surface area contributed by atoms with Gasteiger partial charge in [0.1, 0.15) is 6.04 Å². The van der Waals surface area contributed by atoms with Crippen molar-refractivity contribution in [3.63, 3.8) is 0 Å². The Morgan fingerprint density at radius 2 is 1.82 bits per heavy atom. The first kappa shape index (κ1) is 16.7. The van der Waals surface area contributed by atoms with Crippen molar-refractivity contribution in [1.82, 2.24) is 5.32 Å². The van der Waals surface area contributed by atoms with E-state index in [0.29, 0.717) is 13.0 Å². The van der Waals surface area contributed by atoms with E-state index in [1.165, 1.54) is 10.8 Å². The van der Waals surface area contributed by atoms with Crippen LogP contribution in [-0.4, -0.2) is 25.2 Å². The Morgan fingerprint density at radius 1 is 1.14 bits per heavy atom. The van der Waals surface area contributed by atoms with Crippen LogP contribution in [0.25, 0.3) is 10.8 Å². The highest BCUT2D eigenvalue weighted by molar-refractivity contribution is 6.76. The van der Waals surface area contributed by atoms with Gasteiger partial charge in [0.25, 0.3) is 0 Å². The average molecular weight is 315 g/mol. The molecular formula is C18H25NO2Si. The van der Waals surface area contributed by atoms with Crippen molar-refractivity contribution in [2.45, 2.75) is 44.7 Å². The van der Waals surface area contributed by atoms with Gasteiger partial charge in [-0.05, 0) is 22.8 Å². The smallest absolute Gasteiger partial charge is 0.320 e. The summed E-state index contributed by atoms with van der Waals surface area (Å²) in [5.41, 5.74) is 1.15. The SMILES string of the molecule is C[Si](C)(C)CCC(NCc1cccc2ccccc12)C(=O)O. The van der Waals surface area contributed by atoms with Crippen LogP contribution in [0.15, 0.2) is 42.5 Å². The molecule has 2 N–H and O–H groups in total. The molecule has 0 saturated heterocycles. The van der Waals surface area contributed by atoms with Gasteiger partial charge in [0.2, 0.25) is 0 Å². The van der Waals surface area contributed by atoms with E-state index in [1.807, 2.05) is 18.2 Å². The molecule has 1 unspecified atom stereocenters. The van der Waals surface area contributed by atoms with Gasteiger partial charge in [0, 0.05) is 14.6 Å². The third-order valence-corrected chi connectivity index (χ3v) is 5.69. The number of carboxylic acids is 1. The van der Waals surface area contributed by atoms with E-state index >= 15 is 0 Å². The maximum atomic E-state index is 11.5. The van der Waals surface area contributed by atoms with E-state index < -0.39 is 20.1 Å². The summed E-state index contributed by atoms with van der Waals surface area (Å²) >= 11 is 0. The van der Waals surface area contributed by atoms with Crippen molar-refractivity contribution in [2.24, 2.45) is 0 Å². The van der Waals surface area contributed by atoms with Crippen LogP contribution in [0, 0.1) is 0 Å². The third-order valence-electron chi connectivity index (χ3n) is 3.90. The number of carbonyl (C=O) groups is 1. The van der Waals surface area contributed by atoms with Crippen LogP contribution < -0.4 is 5.32 Å². The van der Waals surface area contributed by atoms with Crippen LogP contribution in [0.3, 0.4) is 0 Å². The van der Waals surface area contributed by atoms with Gasteiger partial charge in [-0.2, -0.15) is 0 Å². The van der Waals surface area contributed by atoms with Crippen molar-refractivity contribution < 1.29 is 9.90 Å². The molecule has 2 aromatic rings. The molecule has 0 aliphatic carbocycles. The van der Waals surface area contributed by atoms with Crippen LogP contribution >= 0.6 is 0 Å². The van der Waals surface area contributed by atoms with Gasteiger partial charge in [-0.15, -0.1) is 0 Å². The van der Waals surface area contributed by atoms with Gasteiger partial charge in [0.15, 0.2) is 0 Å². The Bertz CT molecular complexity index is 644. The van der Waals surface area contributed by atoms with Crippen LogP contribution in [0.1, 0.15) is 12.0 Å². The van der Waals surface area contributed by atoms with E-state index in [2.05, 4.69) is 49.2 Å². The Morgan fingerprint density at radius 3 is 2.50 bits per heavy atom. The highest BCUT2D eigenvalue weighted by Crippen LogP contribution is 2.19. The number of benzene rings is 2. The Labute approximate surface area is 133 Å². The highest BCUT2D eigenvalue weighted by atomic mass is 28.3. The summed E-state index contributed by atoms with van der Waals surface area (Å²) in [6.45, 7) is 7.41. The zero-order valence-electron chi connectivity index (χ0n) is 13.6. The Kier molecular flexibility index (Phi) is 5.37. The quantitative estimate of drug-likeness (QED) is 0.756. The van der Waals surface area contributed by atoms with Gasteiger partial charge >= 0.3 is 5.97 Å². The van der Waals surface area contributed by atoms with Gasteiger partial charge in [0.05, 0.1) is 0 Å². The van der Waals surface area contributed by atoms with Gasteiger partial charge in [-0.1, -0.05) is 68.1 Å². The molecule has 0 amide bonds. The van der Waals surface area contributed by atoms with Crippen LogP contribution in [0.4, 0.5) is 0 Å². The second-order valence-electron chi connectivity index (χ2n) is 7.01. The zero-order chi connectivity index (χ0) is 16.2. The molecule has 2 rings (SSSR count). The zero-order valence-corrected chi connectivity index (χ0v) is 14.6. The molecule has 0 aliphatic heterocycles. The van der Waals surface area contributed by atoms with E-state index in [1.54, 1.807) is 0 Å². The maximum absolute atomic E-state index is 11.5. The van der Waals surface area contributed by atoms with Gasteiger partial charge in [-0.25, -0.2) is 0 Å². The highest BCUT2D eigenvalue weighted by Gasteiger charge is 2.21. The van der Waals surface area contributed by atoms with Crippen molar-refractivity contribution in [3.05, 3.63) is 48.0 Å². The van der Waals surface area contributed by atoms with E-state index in [4.69, 9.17) is 0 Å². The topological polar surface area (TPSA) is 49.3 Å². The minimum absolute atomic E-state index is 0.467. The Hall–Kier alpha value is -1.65. The standard InChI is InChI=1S/C18H25NO2Si/c1-22(2,3)12-11-17(18(20)21)19-13-15-9-6-8-14-7-4-5-10-16(14)15/h4-10,17,19H,11-13H2,1-3H3,(H,20,21). The second-order valence-corrected chi connectivity index (χ2v) is 12.6. The second kappa shape index (κ2) is 7.07. The lowest BCUT2D eigenvalue weighted by Gasteiger charge is -2.20. The van der Waals surface area contributed by atoms with Crippen molar-refractivity contribution in [3.8, 4) is 0 Å². The maximum Gasteiger partial charge on any atom is 0.320 e. The lowest BCUT2D eigenvalue weighted by molar-refractivity contribution is -0.139. The normalized spacial score (nSPS) is 13.2. The molecule has 0 heterocycles. The molecule has 0 fully saturated rings. The lowest BCUT2D eigenvalue weighted by Crippen LogP contribution is -2.38. The molecule has 3 nitrogen and oxygen atoms in total. The van der Waals surface area contributed by atoms with Crippen molar-refractivity contribution >= 4 is 24.8 Å². The predicted octanol–water partition coefficient (Wildman–Crippen LogP) is 4.11. The number of rotatable bonds is 7. The third kappa shape index (κ3) is 4.68. The fraction of sp³-hybridized carbons (Fsp3) is 0.389. The molecule has 0 aliphatic rings. The van der Waals surface area contributed by atoms with Crippen LogP contribution in [-0.2, 0) is 11.3 Å².